The van der Waals surface area contributed by atoms with E-state index in [0.717, 1.165) is 30.5 Å². The highest BCUT2D eigenvalue weighted by Crippen LogP contribution is 2.26. The first-order chi connectivity index (χ1) is 11.1. The van der Waals surface area contributed by atoms with Gasteiger partial charge in [0.2, 0.25) is 0 Å². The normalized spacial score (nSPS) is 21.9. The van der Waals surface area contributed by atoms with Crippen molar-refractivity contribution in [1.82, 2.24) is 9.88 Å². The molecule has 6 heteroatoms. The third kappa shape index (κ3) is 3.29. The average Bonchev–Trinajstić information content (AvgIpc) is 2.92. The van der Waals surface area contributed by atoms with E-state index in [4.69, 9.17) is 10.5 Å². The number of nitrogens with zero attached hydrogens (tertiary/aromatic N) is 2. The molecule has 1 aromatic carbocycles. The van der Waals surface area contributed by atoms with Gasteiger partial charge in [0, 0.05) is 43.2 Å². The number of rotatable bonds is 5. The van der Waals surface area contributed by atoms with Crippen LogP contribution in [0.3, 0.4) is 0 Å². The van der Waals surface area contributed by atoms with E-state index in [-0.39, 0.29) is 17.8 Å². The standard InChI is InChI=1S/C17H22FN3O2/c1-23-13-6-14-11(2-4-20-17(14)15(18)7-13)3-5-21-9-12(8-19)16(22)10-21/h2,4,6-7,12,16,22H,3,5,8-10,19H2,1H3/t12-,16+/m0/s1. The molecule has 3 N–H and O–H groups in total. The number of hydrogen-bond acceptors (Lipinski definition) is 5. The Labute approximate surface area is 134 Å². The van der Waals surface area contributed by atoms with E-state index >= 15 is 0 Å². The van der Waals surface area contributed by atoms with E-state index in [0.29, 0.717) is 24.4 Å². The van der Waals surface area contributed by atoms with Gasteiger partial charge in [-0.3, -0.25) is 4.98 Å². The summed E-state index contributed by atoms with van der Waals surface area (Å²) in [6.45, 7) is 2.74. The number of aliphatic hydroxyl groups is 1. The Morgan fingerprint density at radius 1 is 1.43 bits per heavy atom. The highest BCUT2D eigenvalue weighted by Gasteiger charge is 2.29. The molecule has 0 saturated carbocycles. The van der Waals surface area contributed by atoms with Crippen molar-refractivity contribution in [2.75, 3.05) is 33.3 Å². The lowest BCUT2D eigenvalue weighted by molar-refractivity contribution is 0.144. The molecular weight excluding hydrogens is 297 g/mol. The van der Waals surface area contributed by atoms with E-state index in [9.17, 15) is 9.50 Å². The molecular formula is C17H22FN3O2. The van der Waals surface area contributed by atoms with Crippen LogP contribution in [-0.4, -0.2) is 54.4 Å². The molecule has 0 bridgehead atoms. The summed E-state index contributed by atoms with van der Waals surface area (Å²) in [6.07, 6.45) is 2.04. The number of benzene rings is 1. The van der Waals surface area contributed by atoms with E-state index in [1.54, 1.807) is 6.20 Å². The molecule has 1 aromatic heterocycles. The number of nitrogens with two attached hydrogens (primary N) is 1. The predicted octanol–water partition coefficient (Wildman–Crippen LogP) is 1.18. The number of hydrogen-bond donors (Lipinski definition) is 2. The molecule has 1 fully saturated rings. The molecule has 1 aliphatic rings. The molecule has 124 valence electrons. The van der Waals surface area contributed by atoms with Gasteiger partial charge < -0.3 is 20.5 Å². The second-order valence-corrected chi connectivity index (χ2v) is 6.05. The summed E-state index contributed by atoms with van der Waals surface area (Å²) in [5.74, 6) is 0.256. The third-order valence-electron chi connectivity index (χ3n) is 4.58. The van der Waals surface area contributed by atoms with Crippen molar-refractivity contribution >= 4 is 10.9 Å². The molecule has 0 radical (unpaired) electrons. The maximum atomic E-state index is 14.1. The first-order valence-electron chi connectivity index (χ1n) is 7.84. The van der Waals surface area contributed by atoms with Gasteiger partial charge in [-0.15, -0.1) is 0 Å². The van der Waals surface area contributed by atoms with Gasteiger partial charge in [0.05, 0.1) is 13.2 Å². The average molecular weight is 319 g/mol. The highest BCUT2D eigenvalue weighted by atomic mass is 19.1. The number of aromatic nitrogens is 1. The maximum Gasteiger partial charge on any atom is 0.153 e. The minimum absolute atomic E-state index is 0.140. The summed E-state index contributed by atoms with van der Waals surface area (Å²) >= 11 is 0. The monoisotopic (exact) mass is 319 g/mol. The fourth-order valence-electron chi connectivity index (χ4n) is 3.21. The molecule has 2 aromatic rings. The van der Waals surface area contributed by atoms with Crippen LogP contribution in [0.1, 0.15) is 5.56 Å². The van der Waals surface area contributed by atoms with Crippen LogP contribution in [0.25, 0.3) is 10.9 Å². The molecule has 2 heterocycles. The Balaban J connectivity index is 1.79. The lowest BCUT2D eigenvalue weighted by atomic mass is 10.1. The van der Waals surface area contributed by atoms with Crippen molar-refractivity contribution in [2.45, 2.75) is 12.5 Å². The summed E-state index contributed by atoms with van der Waals surface area (Å²) in [4.78, 5) is 6.33. The molecule has 0 spiro atoms. The van der Waals surface area contributed by atoms with Gasteiger partial charge >= 0.3 is 0 Å². The second-order valence-electron chi connectivity index (χ2n) is 6.05. The summed E-state index contributed by atoms with van der Waals surface area (Å²) in [5, 5.41) is 10.7. The quantitative estimate of drug-likeness (QED) is 0.866. The number of ether oxygens (including phenoxy) is 1. The van der Waals surface area contributed by atoms with Gasteiger partial charge in [0.15, 0.2) is 5.82 Å². The highest BCUT2D eigenvalue weighted by molar-refractivity contribution is 5.84. The van der Waals surface area contributed by atoms with Crippen molar-refractivity contribution in [3.8, 4) is 5.75 Å². The number of likely N-dealkylation sites (tertiary alicyclic amines) is 1. The zero-order valence-corrected chi connectivity index (χ0v) is 13.2. The molecule has 0 amide bonds. The minimum atomic E-state index is -0.374. The summed E-state index contributed by atoms with van der Waals surface area (Å²) in [7, 11) is 1.52. The Morgan fingerprint density at radius 3 is 2.96 bits per heavy atom. The predicted molar refractivity (Wildman–Crippen MR) is 86.9 cm³/mol. The van der Waals surface area contributed by atoms with Crippen LogP contribution < -0.4 is 10.5 Å². The Kier molecular flexibility index (Phi) is 4.75. The van der Waals surface area contributed by atoms with Crippen LogP contribution in [0.5, 0.6) is 5.75 Å². The van der Waals surface area contributed by atoms with Gasteiger partial charge in [0.1, 0.15) is 11.3 Å². The summed E-state index contributed by atoms with van der Waals surface area (Å²) < 4.78 is 19.3. The van der Waals surface area contributed by atoms with Crippen molar-refractivity contribution < 1.29 is 14.2 Å². The van der Waals surface area contributed by atoms with Gasteiger partial charge in [-0.2, -0.15) is 0 Å². The van der Waals surface area contributed by atoms with Gasteiger partial charge in [-0.25, -0.2) is 4.39 Å². The Hall–Kier alpha value is -1.76. The molecule has 2 atom stereocenters. The fourth-order valence-corrected chi connectivity index (χ4v) is 3.21. The Bertz CT molecular complexity index is 695. The third-order valence-corrected chi connectivity index (χ3v) is 4.58. The molecule has 0 aliphatic carbocycles. The second kappa shape index (κ2) is 6.78. The van der Waals surface area contributed by atoms with Crippen molar-refractivity contribution in [3.05, 3.63) is 35.8 Å². The van der Waals surface area contributed by atoms with Gasteiger partial charge in [-0.05, 0) is 30.7 Å². The number of methoxy groups -OCH3 is 1. The van der Waals surface area contributed by atoms with Crippen LogP contribution in [0.2, 0.25) is 0 Å². The molecule has 1 saturated heterocycles. The number of β-amino-alcohol motifs (C(OH)–C–C–N with tert-alkyl or cyclic N) is 1. The van der Waals surface area contributed by atoms with E-state index < -0.39 is 0 Å². The summed E-state index contributed by atoms with van der Waals surface area (Å²) in [5.41, 5.74) is 7.06. The van der Waals surface area contributed by atoms with Crippen LogP contribution in [-0.2, 0) is 6.42 Å². The van der Waals surface area contributed by atoms with Crippen LogP contribution in [0.4, 0.5) is 4.39 Å². The van der Waals surface area contributed by atoms with Crippen LogP contribution in [0.15, 0.2) is 24.4 Å². The fraction of sp³-hybridized carbons (Fsp3) is 0.471. The number of aliphatic hydroxyl groups excluding tert-OH is 1. The minimum Gasteiger partial charge on any atom is -0.497 e. The Morgan fingerprint density at radius 2 is 2.26 bits per heavy atom. The lowest BCUT2D eigenvalue weighted by Crippen LogP contribution is -2.25. The van der Waals surface area contributed by atoms with Crippen molar-refractivity contribution in [1.29, 1.82) is 0 Å². The molecule has 1 aliphatic heterocycles. The van der Waals surface area contributed by atoms with Crippen LogP contribution >= 0.6 is 0 Å². The zero-order chi connectivity index (χ0) is 16.4. The first-order valence-corrected chi connectivity index (χ1v) is 7.84. The van der Waals surface area contributed by atoms with E-state index in [2.05, 4.69) is 9.88 Å². The number of fused-ring (bicyclic) bond motifs is 1. The largest absolute Gasteiger partial charge is 0.497 e. The smallest absolute Gasteiger partial charge is 0.153 e. The van der Waals surface area contributed by atoms with E-state index in [1.807, 2.05) is 12.1 Å². The first kappa shape index (κ1) is 16.1. The molecule has 23 heavy (non-hydrogen) atoms. The van der Waals surface area contributed by atoms with Crippen molar-refractivity contribution in [2.24, 2.45) is 11.7 Å². The maximum absolute atomic E-state index is 14.1. The molecule has 0 unspecified atom stereocenters. The number of pyridine rings is 1. The van der Waals surface area contributed by atoms with Gasteiger partial charge in [-0.1, -0.05) is 0 Å². The SMILES string of the molecule is COc1cc(F)c2nccc(CCN3C[C@H](CN)[C@H](O)C3)c2c1. The van der Waals surface area contributed by atoms with E-state index in [1.165, 1.54) is 13.2 Å². The topological polar surface area (TPSA) is 71.6 Å². The van der Waals surface area contributed by atoms with Gasteiger partial charge in [0.25, 0.3) is 0 Å². The van der Waals surface area contributed by atoms with Crippen LogP contribution in [0, 0.1) is 11.7 Å². The lowest BCUT2D eigenvalue weighted by Gasteiger charge is -2.16. The number of halogens is 1. The summed E-state index contributed by atoms with van der Waals surface area (Å²) in [6, 6.07) is 5.08. The molecule has 5 nitrogen and oxygen atoms in total. The van der Waals surface area contributed by atoms with Crippen molar-refractivity contribution in [3.63, 3.8) is 0 Å². The molecule has 3 rings (SSSR count). The zero-order valence-electron chi connectivity index (χ0n) is 13.2.